The van der Waals surface area contributed by atoms with Crippen LogP contribution in [0.15, 0.2) is 0 Å². The molecule has 0 aromatic carbocycles. The molecule has 19 heavy (non-hydrogen) atoms. The van der Waals surface area contributed by atoms with Crippen molar-refractivity contribution in [3.05, 3.63) is 0 Å². The zero-order chi connectivity index (χ0) is 14.4. The third kappa shape index (κ3) is 4.02. The Bertz CT molecular complexity index is 355. The summed E-state index contributed by atoms with van der Waals surface area (Å²) < 4.78 is 5.30. The number of urea groups is 1. The Kier molecular flexibility index (Phi) is 5.95. The normalized spacial score (nSPS) is 20.1. The molecule has 1 saturated heterocycles. The van der Waals surface area contributed by atoms with Crippen LogP contribution in [-0.4, -0.2) is 42.5 Å². The Balaban J connectivity index is 2.54. The van der Waals surface area contributed by atoms with E-state index in [2.05, 4.69) is 5.32 Å². The lowest BCUT2D eigenvalue weighted by atomic mass is 9.92. The molecule has 1 aliphatic rings. The van der Waals surface area contributed by atoms with Gasteiger partial charge in [-0.25, -0.2) is 4.79 Å². The molecule has 0 radical (unpaired) electrons. The molecule has 6 heteroatoms. The summed E-state index contributed by atoms with van der Waals surface area (Å²) in [5.74, 6) is -1.79. The summed E-state index contributed by atoms with van der Waals surface area (Å²) in [6.45, 7) is 7.06. The maximum Gasteiger partial charge on any atom is 0.330 e. The molecule has 0 saturated carbocycles. The molecule has 1 heterocycles. The molecule has 0 bridgehead atoms. The summed E-state index contributed by atoms with van der Waals surface area (Å²) in [5, 5.41) is 2.23. The summed E-state index contributed by atoms with van der Waals surface area (Å²) in [6, 6.07) is -0.623. The third-order valence-electron chi connectivity index (χ3n) is 2.98. The van der Waals surface area contributed by atoms with Crippen molar-refractivity contribution in [3.8, 4) is 0 Å². The van der Waals surface area contributed by atoms with Gasteiger partial charge in [0.05, 0.1) is 0 Å². The maximum atomic E-state index is 12.1. The predicted octanol–water partition coefficient (Wildman–Crippen LogP) is 1.15. The van der Waals surface area contributed by atoms with E-state index in [4.69, 9.17) is 4.74 Å². The van der Waals surface area contributed by atoms with Crippen LogP contribution in [0.5, 0.6) is 0 Å². The summed E-state index contributed by atoms with van der Waals surface area (Å²) in [6.07, 6.45) is 1.52. The molecule has 1 aliphatic heterocycles. The summed E-state index contributed by atoms with van der Waals surface area (Å²) in [5.41, 5.74) is 0. The highest BCUT2D eigenvalue weighted by atomic mass is 16.5. The SMILES string of the molecule is CCCOCCCN1C(=O)NC(=O)C(C(C)C)C1=O. The van der Waals surface area contributed by atoms with Gasteiger partial charge in [0.2, 0.25) is 11.8 Å². The van der Waals surface area contributed by atoms with Crippen molar-refractivity contribution in [2.45, 2.75) is 33.6 Å². The molecular weight excluding hydrogens is 248 g/mol. The number of imide groups is 2. The Morgan fingerprint density at radius 1 is 1.26 bits per heavy atom. The third-order valence-corrected chi connectivity index (χ3v) is 2.98. The van der Waals surface area contributed by atoms with Crippen molar-refractivity contribution < 1.29 is 19.1 Å². The quantitative estimate of drug-likeness (QED) is 0.556. The van der Waals surface area contributed by atoms with Gasteiger partial charge in [-0.05, 0) is 18.8 Å². The Labute approximate surface area is 113 Å². The number of rotatable bonds is 7. The molecule has 1 atom stereocenters. The number of nitrogens with one attached hydrogen (secondary N) is 1. The van der Waals surface area contributed by atoms with Crippen LogP contribution >= 0.6 is 0 Å². The average molecular weight is 270 g/mol. The molecule has 1 fully saturated rings. The standard InChI is InChI=1S/C13H22N2O4/c1-4-7-19-8-5-6-15-12(17)10(9(2)3)11(16)14-13(15)18/h9-10H,4-8H2,1-3H3,(H,14,16,18). The van der Waals surface area contributed by atoms with Gasteiger partial charge in [0, 0.05) is 19.8 Å². The molecule has 1 N–H and O–H groups in total. The Morgan fingerprint density at radius 2 is 1.95 bits per heavy atom. The fourth-order valence-corrected chi connectivity index (χ4v) is 2.00. The van der Waals surface area contributed by atoms with Gasteiger partial charge in [0.1, 0.15) is 5.92 Å². The van der Waals surface area contributed by atoms with Gasteiger partial charge in [0.25, 0.3) is 0 Å². The van der Waals surface area contributed by atoms with Gasteiger partial charge >= 0.3 is 6.03 Å². The second-order valence-corrected chi connectivity index (χ2v) is 4.97. The number of ether oxygens (including phenoxy) is 1. The van der Waals surface area contributed by atoms with Gasteiger partial charge in [-0.15, -0.1) is 0 Å². The fourth-order valence-electron chi connectivity index (χ4n) is 2.00. The second kappa shape index (κ2) is 7.23. The zero-order valence-electron chi connectivity index (χ0n) is 11.8. The number of amides is 4. The van der Waals surface area contributed by atoms with E-state index in [1.807, 2.05) is 6.92 Å². The van der Waals surface area contributed by atoms with E-state index in [9.17, 15) is 14.4 Å². The highest BCUT2D eigenvalue weighted by molar-refractivity contribution is 6.16. The average Bonchev–Trinajstić information content (AvgIpc) is 2.31. The van der Waals surface area contributed by atoms with E-state index in [1.165, 1.54) is 0 Å². The smallest absolute Gasteiger partial charge is 0.330 e. The molecule has 0 aromatic rings. The molecular formula is C13H22N2O4. The molecule has 108 valence electrons. The molecule has 1 rings (SSSR count). The first-order valence-electron chi connectivity index (χ1n) is 6.73. The Hall–Kier alpha value is -1.43. The molecule has 1 unspecified atom stereocenters. The minimum atomic E-state index is -0.769. The first-order chi connectivity index (χ1) is 8.99. The molecule has 6 nitrogen and oxygen atoms in total. The van der Waals surface area contributed by atoms with Crippen molar-refractivity contribution in [2.75, 3.05) is 19.8 Å². The van der Waals surface area contributed by atoms with Crippen LogP contribution in [0.3, 0.4) is 0 Å². The van der Waals surface area contributed by atoms with E-state index < -0.39 is 23.8 Å². The highest BCUT2D eigenvalue weighted by Gasteiger charge is 2.41. The predicted molar refractivity (Wildman–Crippen MR) is 69.3 cm³/mol. The molecule has 0 spiro atoms. The lowest BCUT2D eigenvalue weighted by Gasteiger charge is -2.31. The van der Waals surface area contributed by atoms with E-state index in [0.29, 0.717) is 19.6 Å². The monoisotopic (exact) mass is 270 g/mol. The number of hydrogen-bond donors (Lipinski definition) is 1. The van der Waals surface area contributed by atoms with Gasteiger partial charge in [0.15, 0.2) is 0 Å². The van der Waals surface area contributed by atoms with E-state index in [0.717, 1.165) is 11.3 Å². The molecule has 0 aromatic heterocycles. The first-order valence-corrected chi connectivity index (χ1v) is 6.73. The lowest BCUT2D eigenvalue weighted by molar-refractivity contribution is -0.144. The van der Waals surface area contributed by atoms with Gasteiger partial charge < -0.3 is 4.74 Å². The first kappa shape index (κ1) is 15.6. The largest absolute Gasteiger partial charge is 0.381 e. The van der Waals surface area contributed by atoms with Crippen LogP contribution in [0.2, 0.25) is 0 Å². The molecule has 0 aliphatic carbocycles. The van der Waals surface area contributed by atoms with Crippen molar-refractivity contribution in [2.24, 2.45) is 11.8 Å². The van der Waals surface area contributed by atoms with Crippen molar-refractivity contribution >= 4 is 17.8 Å². The number of hydrogen-bond acceptors (Lipinski definition) is 4. The zero-order valence-corrected chi connectivity index (χ0v) is 11.8. The van der Waals surface area contributed by atoms with Crippen LogP contribution < -0.4 is 5.32 Å². The van der Waals surface area contributed by atoms with Gasteiger partial charge in [-0.2, -0.15) is 0 Å². The summed E-state index contributed by atoms with van der Waals surface area (Å²) in [4.78, 5) is 36.5. The van der Waals surface area contributed by atoms with Crippen LogP contribution in [0.4, 0.5) is 4.79 Å². The van der Waals surface area contributed by atoms with Crippen molar-refractivity contribution in [3.63, 3.8) is 0 Å². The Morgan fingerprint density at radius 3 is 2.53 bits per heavy atom. The minimum Gasteiger partial charge on any atom is -0.381 e. The fraction of sp³-hybridized carbons (Fsp3) is 0.769. The van der Waals surface area contributed by atoms with Crippen LogP contribution in [0, 0.1) is 11.8 Å². The van der Waals surface area contributed by atoms with E-state index in [-0.39, 0.29) is 12.5 Å². The van der Waals surface area contributed by atoms with E-state index in [1.54, 1.807) is 13.8 Å². The topological polar surface area (TPSA) is 75.7 Å². The van der Waals surface area contributed by atoms with Crippen LogP contribution in [0.25, 0.3) is 0 Å². The lowest BCUT2D eigenvalue weighted by Crippen LogP contribution is -2.59. The number of barbiturate groups is 1. The van der Waals surface area contributed by atoms with Crippen LogP contribution in [0.1, 0.15) is 33.6 Å². The van der Waals surface area contributed by atoms with E-state index >= 15 is 0 Å². The second-order valence-electron chi connectivity index (χ2n) is 4.97. The van der Waals surface area contributed by atoms with Crippen molar-refractivity contribution in [1.29, 1.82) is 0 Å². The number of carbonyl (C=O) groups is 3. The van der Waals surface area contributed by atoms with Gasteiger partial charge in [-0.3, -0.25) is 19.8 Å². The highest BCUT2D eigenvalue weighted by Crippen LogP contribution is 2.18. The summed E-state index contributed by atoms with van der Waals surface area (Å²) in [7, 11) is 0. The van der Waals surface area contributed by atoms with Crippen molar-refractivity contribution in [1.82, 2.24) is 10.2 Å². The molecule has 4 amide bonds. The minimum absolute atomic E-state index is 0.126. The van der Waals surface area contributed by atoms with Crippen LogP contribution in [-0.2, 0) is 14.3 Å². The number of carbonyl (C=O) groups excluding carboxylic acids is 3. The van der Waals surface area contributed by atoms with Gasteiger partial charge in [-0.1, -0.05) is 20.8 Å². The number of nitrogens with zero attached hydrogens (tertiary/aromatic N) is 1. The summed E-state index contributed by atoms with van der Waals surface area (Å²) >= 11 is 0. The maximum absolute atomic E-state index is 12.1.